The summed E-state index contributed by atoms with van der Waals surface area (Å²) in [6.45, 7) is 13.0. The molecule has 4 aromatic heterocycles. The maximum Gasteiger partial charge on any atom is 0.114 e. The maximum atomic E-state index is 8.55. The summed E-state index contributed by atoms with van der Waals surface area (Å²) in [5.74, 6) is 0.594. The molecule has 0 atom stereocenters. The second-order valence-corrected chi connectivity index (χ2v) is 22.4. The van der Waals surface area contributed by atoms with E-state index in [9.17, 15) is 0 Å². The number of hydrogen-bond donors (Lipinski definition) is 0. The summed E-state index contributed by atoms with van der Waals surface area (Å²) >= 11 is 1.53. The van der Waals surface area contributed by atoms with Gasteiger partial charge >= 0.3 is 0 Å². The second kappa shape index (κ2) is 17.1. The summed E-state index contributed by atoms with van der Waals surface area (Å²) in [5.41, 5.74) is 8.01. The van der Waals surface area contributed by atoms with E-state index < -0.39 is 21.3 Å². The van der Waals surface area contributed by atoms with Crippen molar-refractivity contribution in [1.29, 1.82) is 0 Å². The quantitative estimate of drug-likeness (QED) is 0.113. The Morgan fingerprint density at radius 3 is 2.38 bits per heavy atom. The Bertz CT molecular complexity index is 2580. The SMILES string of the molecule is [2H]C([2H])([2H])c1ccc2c(n1)sc1c(-c3cc(C(C)(C)C4CCCC4)ccn3)[c-]cc(-c3ccccc3)c12.[2H]C([2H])(c1cc(-c2[c-]cccc2)ncc1[Si](C)(C)C)C(C)C.[Ir]. The normalized spacial score (nSPS) is 15.4. The number of aryl methyl sites for hydroxylation is 1. The van der Waals surface area contributed by atoms with Gasteiger partial charge in [0.2, 0.25) is 0 Å². The zero-order valence-electron chi connectivity index (χ0n) is 37.9. The van der Waals surface area contributed by atoms with Gasteiger partial charge in [0.15, 0.2) is 0 Å². The van der Waals surface area contributed by atoms with Crippen LogP contribution in [0.5, 0.6) is 0 Å². The first kappa shape index (κ1) is 34.4. The van der Waals surface area contributed by atoms with Crippen molar-refractivity contribution in [2.24, 2.45) is 11.8 Å². The first-order chi connectivity index (χ1) is 27.9. The molecule has 0 bridgehead atoms. The average molecular weight is 941 g/mol. The third kappa shape index (κ3) is 8.94. The molecule has 1 fully saturated rings. The standard InChI is InChI=1S/C31H29N2S.C18H24NSi.Ir/c1-20-13-14-26-28-24(21-9-5-4-6-10-21)15-16-25(29(28)34-30(26)33-20)27-19-23(17-18-32-27)31(2,3)22-11-7-8-12-22;1-14(2)11-16-12-17(15-9-7-6-8-10-15)19-13-18(16)20(3,4)5;/h4-6,9-10,13-15,17-19,22H,7-8,11-12H2,1-3H3;6-9,12-14H,11H2,1-5H3;/q2*-1;/i1D3;11D2;. The number of rotatable bonds is 8. The van der Waals surface area contributed by atoms with Gasteiger partial charge in [-0.2, -0.15) is 11.3 Å². The molecular formula is C49H53IrN3SSi-2. The minimum absolute atomic E-state index is 0. The Morgan fingerprint density at radius 2 is 1.69 bits per heavy atom. The average Bonchev–Trinajstić information content (AvgIpc) is 3.90. The van der Waals surface area contributed by atoms with Crippen molar-refractivity contribution >= 4 is 44.9 Å². The van der Waals surface area contributed by atoms with Crippen molar-refractivity contribution in [1.82, 2.24) is 15.0 Å². The molecule has 4 heterocycles. The van der Waals surface area contributed by atoms with E-state index in [0.717, 1.165) is 64.7 Å². The molecule has 0 saturated heterocycles. The van der Waals surface area contributed by atoms with Crippen LogP contribution in [0, 0.1) is 30.8 Å². The summed E-state index contributed by atoms with van der Waals surface area (Å²) in [7, 11) is -1.67. The van der Waals surface area contributed by atoms with E-state index in [4.69, 9.17) is 11.8 Å². The smallest absolute Gasteiger partial charge is 0.114 e. The van der Waals surface area contributed by atoms with E-state index in [1.165, 1.54) is 42.6 Å². The number of thiophene rings is 1. The number of benzene rings is 3. The number of pyridine rings is 3. The van der Waals surface area contributed by atoms with Gasteiger partial charge in [-0.1, -0.05) is 131 Å². The Kier molecular flexibility index (Phi) is 10.7. The Balaban J connectivity index is 0.000000226. The van der Waals surface area contributed by atoms with Crippen molar-refractivity contribution in [3.8, 4) is 33.6 Å². The fraction of sp³-hybridized carbons (Fsp3) is 0.327. The Morgan fingerprint density at radius 1 is 0.927 bits per heavy atom. The van der Waals surface area contributed by atoms with Gasteiger partial charge in [0.1, 0.15) is 4.83 Å². The molecule has 6 heteroatoms. The van der Waals surface area contributed by atoms with E-state index in [1.54, 1.807) is 6.07 Å². The molecule has 0 N–H and O–H groups in total. The van der Waals surface area contributed by atoms with Crippen LogP contribution in [0.2, 0.25) is 19.6 Å². The van der Waals surface area contributed by atoms with Gasteiger partial charge in [-0.15, -0.1) is 53.6 Å². The molecule has 0 aliphatic heterocycles. The third-order valence-corrected chi connectivity index (χ3v) is 13.9. The van der Waals surface area contributed by atoms with Crippen LogP contribution >= 0.6 is 11.3 Å². The minimum Gasteiger partial charge on any atom is -0.305 e. The van der Waals surface area contributed by atoms with Gasteiger partial charge in [-0.25, -0.2) is 4.98 Å². The summed E-state index contributed by atoms with van der Waals surface area (Å²) in [4.78, 5) is 14.7. The van der Waals surface area contributed by atoms with Crippen LogP contribution < -0.4 is 5.19 Å². The maximum absolute atomic E-state index is 8.55. The van der Waals surface area contributed by atoms with E-state index in [1.807, 2.05) is 86.9 Å². The summed E-state index contributed by atoms with van der Waals surface area (Å²) in [6.07, 6.45) is 7.63. The predicted molar refractivity (Wildman–Crippen MR) is 234 cm³/mol. The molecule has 0 unspecified atom stereocenters. The van der Waals surface area contributed by atoms with Gasteiger partial charge in [0.25, 0.3) is 0 Å². The van der Waals surface area contributed by atoms with E-state index in [2.05, 4.69) is 79.9 Å². The number of aromatic nitrogens is 3. The molecule has 3 nitrogen and oxygen atoms in total. The summed E-state index contributed by atoms with van der Waals surface area (Å²) < 4.78 is 41.7. The molecule has 8 rings (SSSR count). The largest absolute Gasteiger partial charge is 0.305 e. The van der Waals surface area contributed by atoms with Gasteiger partial charge < -0.3 is 9.97 Å². The molecule has 1 saturated carbocycles. The van der Waals surface area contributed by atoms with Gasteiger partial charge in [-0.3, -0.25) is 0 Å². The molecule has 1 aliphatic rings. The van der Waals surface area contributed by atoms with Crippen molar-refractivity contribution in [3.05, 3.63) is 132 Å². The van der Waals surface area contributed by atoms with Gasteiger partial charge in [-0.05, 0) is 82.3 Å². The van der Waals surface area contributed by atoms with Crippen LogP contribution in [0.3, 0.4) is 0 Å². The molecule has 285 valence electrons. The van der Waals surface area contributed by atoms with E-state index >= 15 is 0 Å². The van der Waals surface area contributed by atoms with Crippen LogP contribution in [0.25, 0.3) is 53.9 Å². The van der Waals surface area contributed by atoms with E-state index in [-0.39, 0.29) is 37.1 Å². The number of fused-ring (bicyclic) bond motifs is 3. The first-order valence-corrected chi connectivity index (χ1v) is 23.5. The molecule has 55 heavy (non-hydrogen) atoms. The molecule has 1 aliphatic carbocycles. The van der Waals surface area contributed by atoms with Crippen LogP contribution in [-0.2, 0) is 31.9 Å². The van der Waals surface area contributed by atoms with Crippen LogP contribution in [-0.4, -0.2) is 23.0 Å². The fourth-order valence-corrected chi connectivity index (χ4v) is 10.4. The van der Waals surface area contributed by atoms with Crippen molar-refractivity contribution in [2.75, 3.05) is 0 Å². The van der Waals surface area contributed by atoms with Gasteiger partial charge in [0, 0.05) is 50.4 Å². The molecule has 3 aromatic carbocycles. The monoisotopic (exact) mass is 941 g/mol. The first-order valence-electron chi connectivity index (χ1n) is 21.7. The predicted octanol–water partition coefficient (Wildman–Crippen LogP) is 13.0. The molecule has 7 aromatic rings. The van der Waals surface area contributed by atoms with Crippen molar-refractivity contribution in [3.63, 3.8) is 0 Å². The van der Waals surface area contributed by atoms with E-state index in [0.29, 0.717) is 5.92 Å². The molecule has 0 spiro atoms. The Labute approximate surface area is 354 Å². The second-order valence-electron chi connectivity index (χ2n) is 16.4. The fourth-order valence-electron chi connectivity index (χ4n) is 7.77. The topological polar surface area (TPSA) is 38.7 Å². The minimum atomic E-state index is -2.25. The van der Waals surface area contributed by atoms with Crippen LogP contribution in [0.1, 0.15) is 77.1 Å². The molecular weight excluding hydrogens is 883 g/mol. The summed E-state index contributed by atoms with van der Waals surface area (Å²) in [5, 5.41) is 3.14. The van der Waals surface area contributed by atoms with Crippen LogP contribution in [0.4, 0.5) is 0 Å². The van der Waals surface area contributed by atoms with Crippen molar-refractivity contribution < 1.29 is 27.0 Å². The Hall–Kier alpha value is -3.80. The summed E-state index contributed by atoms with van der Waals surface area (Å²) in [6, 6.07) is 36.6. The number of hydrogen-bond acceptors (Lipinski definition) is 4. The number of nitrogens with zero attached hydrogens (tertiary/aromatic N) is 3. The van der Waals surface area contributed by atoms with Crippen LogP contribution in [0.15, 0.2) is 103 Å². The molecule has 1 radical (unpaired) electrons. The van der Waals surface area contributed by atoms with Crippen molar-refractivity contribution in [2.45, 2.75) is 91.7 Å². The molecule has 0 amide bonds. The van der Waals surface area contributed by atoms with Gasteiger partial charge in [0.05, 0.1) is 8.07 Å². The zero-order valence-corrected chi connectivity index (χ0v) is 37.1. The third-order valence-electron chi connectivity index (χ3n) is 10.8. The zero-order chi connectivity index (χ0) is 42.3.